The second-order valence-corrected chi connectivity index (χ2v) is 5.59. The van der Waals surface area contributed by atoms with Crippen LogP contribution >= 0.6 is 0 Å². The van der Waals surface area contributed by atoms with Gasteiger partial charge in [-0.25, -0.2) is 0 Å². The third kappa shape index (κ3) is 1.15. The van der Waals surface area contributed by atoms with Gasteiger partial charge in [-0.1, -0.05) is 12.2 Å². The second-order valence-electron chi connectivity index (χ2n) is 5.59. The minimum Gasteiger partial charge on any atom is -0.494 e. The van der Waals surface area contributed by atoms with Crippen molar-refractivity contribution in [2.45, 2.75) is 25.3 Å². The van der Waals surface area contributed by atoms with Crippen molar-refractivity contribution in [2.24, 2.45) is 7.05 Å². The summed E-state index contributed by atoms with van der Waals surface area (Å²) in [5.41, 5.74) is 2.46. The number of rotatable bonds is 1. The van der Waals surface area contributed by atoms with Crippen molar-refractivity contribution in [1.29, 1.82) is 0 Å². The Bertz CT molecular complexity index is 752. The highest BCUT2D eigenvalue weighted by atomic mass is 16.3. The predicted octanol–water partition coefficient (Wildman–Crippen LogP) is 1.82. The van der Waals surface area contributed by atoms with Crippen LogP contribution in [-0.4, -0.2) is 29.6 Å². The van der Waals surface area contributed by atoms with Gasteiger partial charge < -0.3 is 20.4 Å². The molecule has 2 aromatic rings. The number of hydrogen-bond acceptors (Lipinski definition) is 4. The fraction of sp³-hybridized carbons (Fsp3) is 0.333. The third-order valence-corrected chi connectivity index (χ3v) is 4.75. The van der Waals surface area contributed by atoms with Crippen molar-refractivity contribution < 1.29 is 20.4 Å². The molecule has 0 saturated heterocycles. The SMILES string of the molecule is CCn1c(O)c2c(c1O)C1C=CC2c2c1c(O)n(C)c2O. The first-order valence-corrected chi connectivity index (χ1v) is 6.91. The summed E-state index contributed by atoms with van der Waals surface area (Å²) in [6.45, 7) is 2.28. The zero-order valence-corrected chi connectivity index (χ0v) is 11.7. The lowest BCUT2D eigenvalue weighted by atomic mass is 9.70. The van der Waals surface area contributed by atoms with Gasteiger partial charge in [-0.3, -0.25) is 9.13 Å². The topological polar surface area (TPSA) is 90.8 Å². The molecule has 21 heavy (non-hydrogen) atoms. The number of aromatic nitrogens is 2. The summed E-state index contributed by atoms with van der Waals surface area (Å²) in [7, 11) is 1.58. The normalized spacial score (nSPS) is 21.6. The molecule has 5 rings (SSSR count). The molecule has 3 aliphatic carbocycles. The lowest BCUT2D eigenvalue weighted by Crippen LogP contribution is -2.17. The van der Waals surface area contributed by atoms with Crippen molar-refractivity contribution in [3.05, 3.63) is 34.4 Å². The Hall–Kier alpha value is -2.50. The molecule has 0 radical (unpaired) electrons. The summed E-state index contributed by atoms with van der Waals surface area (Å²) in [4.78, 5) is 0. The van der Waals surface area contributed by atoms with Crippen molar-refractivity contribution in [3.8, 4) is 23.5 Å². The van der Waals surface area contributed by atoms with E-state index in [0.717, 1.165) is 0 Å². The largest absolute Gasteiger partial charge is 0.494 e. The van der Waals surface area contributed by atoms with Crippen LogP contribution in [0.4, 0.5) is 0 Å². The van der Waals surface area contributed by atoms with Crippen LogP contribution in [0, 0.1) is 0 Å². The molecule has 6 nitrogen and oxygen atoms in total. The van der Waals surface area contributed by atoms with E-state index in [1.54, 1.807) is 7.05 Å². The Balaban J connectivity index is 2.08. The van der Waals surface area contributed by atoms with Gasteiger partial charge in [-0.05, 0) is 6.92 Å². The van der Waals surface area contributed by atoms with E-state index in [1.807, 2.05) is 19.1 Å². The molecule has 110 valence electrons. The zero-order valence-electron chi connectivity index (χ0n) is 11.7. The van der Waals surface area contributed by atoms with E-state index in [2.05, 4.69) is 0 Å². The molecule has 0 aliphatic heterocycles. The van der Waals surface area contributed by atoms with Gasteiger partial charge in [0.15, 0.2) is 23.5 Å². The molecule has 2 aromatic heterocycles. The van der Waals surface area contributed by atoms with Gasteiger partial charge in [0.25, 0.3) is 0 Å². The Morgan fingerprint density at radius 2 is 1.19 bits per heavy atom. The molecule has 2 bridgehead atoms. The molecule has 4 N–H and O–H groups in total. The Morgan fingerprint density at radius 1 is 0.810 bits per heavy atom. The summed E-state index contributed by atoms with van der Waals surface area (Å²) in [5.74, 6) is -0.668. The van der Waals surface area contributed by atoms with Crippen LogP contribution < -0.4 is 0 Å². The zero-order chi connectivity index (χ0) is 15.0. The Labute approximate surface area is 120 Å². The quantitative estimate of drug-likeness (QED) is 0.602. The molecule has 0 spiro atoms. The van der Waals surface area contributed by atoms with Crippen LogP contribution in [0.25, 0.3) is 0 Å². The predicted molar refractivity (Wildman–Crippen MR) is 75.0 cm³/mol. The van der Waals surface area contributed by atoms with Crippen LogP contribution in [0.2, 0.25) is 0 Å². The van der Waals surface area contributed by atoms with Crippen LogP contribution in [0.15, 0.2) is 12.2 Å². The van der Waals surface area contributed by atoms with E-state index in [-0.39, 0.29) is 35.4 Å². The highest BCUT2D eigenvalue weighted by Crippen LogP contribution is 2.60. The van der Waals surface area contributed by atoms with E-state index < -0.39 is 0 Å². The molecule has 2 atom stereocenters. The van der Waals surface area contributed by atoms with Crippen LogP contribution in [0.5, 0.6) is 23.5 Å². The summed E-state index contributed by atoms with van der Waals surface area (Å²) in [6, 6.07) is 0. The first-order valence-electron chi connectivity index (χ1n) is 6.91. The molecule has 2 unspecified atom stereocenters. The van der Waals surface area contributed by atoms with Gasteiger partial charge in [0.05, 0.1) is 0 Å². The third-order valence-electron chi connectivity index (χ3n) is 4.75. The molecule has 0 amide bonds. The molecule has 0 aromatic carbocycles. The average molecular weight is 288 g/mol. The maximum Gasteiger partial charge on any atom is 0.198 e. The first-order chi connectivity index (χ1) is 9.99. The van der Waals surface area contributed by atoms with Gasteiger partial charge in [0.1, 0.15) is 0 Å². The van der Waals surface area contributed by atoms with E-state index in [0.29, 0.717) is 28.8 Å². The Morgan fingerprint density at radius 3 is 1.57 bits per heavy atom. The molecule has 6 heteroatoms. The smallest absolute Gasteiger partial charge is 0.198 e. The first kappa shape index (κ1) is 12.3. The minimum absolute atomic E-state index is 0.00404. The van der Waals surface area contributed by atoms with Gasteiger partial charge in [-0.2, -0.15) is 0 Å². The van der Waals surface area contributed by atoms with Gasteiger partial charge in [-0.15, -0.1) is 0 Å². The van der Waals surface area contributed by atoms with Crippen molar-refractivity contribution in [2.75, 3.05) is 0 Å². The molecule has 2 heterocycles. The van der Waals surface area contributed by atoms with Crippen LogP contribution in [0.1, 0.15) is 41.0 Å². The van der Waals surface area contributed by atoms with Crippen LogP contribution in [0.3, 0.4) is 0 Å². The number of allylic oxidation sites excluding steroid dienone is 2. The second kappa shape index (κ2) is 3.58. The standard InChI is InChI=1S/C15H16N2O4/c1-3-17-14(20)10-6-4-5-7(11(10)15(17)21)9-8(6)12(18)16(2)13(9)19/h4-7,18-21H,3H2,1-2H3. The van der Waals surface area contributed by atoms with E-state index in [9.17, 15) is 20.4 Å². The molecule has 0 fully saturated rings. The number of hydrogen-bond donors (Lipinski definition) is 4. The lowest BCUT2D eigenvalue weighted by molar-refractivity contribution is 0.369. The summed E-state index contributed by atoms with van der Waals surface area (Å²) in [5, 5.41) is 41.3. The molecular weight excluding hydrogens is 272 g/mol. The van der Waals surface area contributed by atoms with Gasteiger partial charge in [0, 0.05) is 47.7 Å². The van der Waals surface area contributed by atoms with Gasteiger partial charge in [0.2, 0.25) is 0 Å². The maximum absolute atomic E-state index is 10.4. The maximum atomic E-state index is 10.4. The lowest BCUT2D eigenvalue weighted by Gasteiger charge is -2.31. The van der Waals surface area contributed by atoms with Gasteiger partial charge >= 0.3 is 0 Å². The van der Waals surface area contributed by atoms with Crippen molar-refractivity contribution >= 4 is 0 Å². The van der Waals surface area contributed by atoms with Crippen molar-refractivity contribution in [3.63, 3.8) is 0 Å². The molecular formula is C15H16N2O4. The van der Waals surface area contributed by atoms with Crippen LogP contribution in [-0.2, 0) is 13.6 Å². The highest BCUT2D eigenvalue weighted by molar-refractivity contribution is 5.71. The molecule has 0 saturated carbocycles. The van der Waals surface area contributed by atoms with E-state index in [1.165, 1.54) is 9.13 Å². The monoisotopic (exact) mass is 288 g/mol. The van der Waals surface area contributed by atoms with E-state index in [4.69, 9.17) is 0 Å². The fourth-order valence-electron chi connectivity index (χ4n) is 3.76. The summed E-state index contributed by atoms with van der Waals surface area (Å²) < 4.78 is 2.77. The fourth-order valence-corrected chi connectivity index (χ4v) is 3.76. The minimum atomic E-state index is -0.356. The highest BCUT2D eigenvalue weighted by Gasteiger charge is 2.45. The van der Waals surface area contributed by atoms with Crippen molar-refractivity contribution in [1.82, 2.24) is 9.13 Å². The average Bonchev–Trinajstić information content (AvgIpc) is 2.89. The summed E-state index contributed by atoms with van der Waals surface area (Å²) in [6.07, 6.45) is 3.79. The summed E-state index contributed by atoms with van der Waals surface area (Å²) >= 11 is 0. The van der Waals surface area contributed by atoms with E-state index >= 15 is 0 Å². The Kier molecular flexibility index (Phi) is 2.09. The number of nitrogens with zero attached hydrogens (tertiary/aromatic N) is 2. The molecule has 3 aliphatic rings. The number of aromatic hydroxyl groups is 4.